The van der Waals surface area contributed by atoms with E-state index in [2.05, 4.69) is 59.7 Å². The Hall–Kier alpha value is -6.61. The molecule has 0 unspecified atom stereocenters. The Balaban J connectivity index is 0.000000176. The first-order valence-corrected chi connectivity index (χ1v) is 27.5. The number of nitrogens with one attached hydrogen (secondary N) is 3. The van der Waals surface area contributed by atoms with E-state index in [0.717, 1.165) is 89.3 Å². The molecule has 0 radical (unpaired) electrons. The zero-order valence-corrected chi connectivity index (χ0v) is 47.3. The lowest BCUT2D eigenvalue weighted by molar-refractivity contribution is 0.108. The average Bonchev–Trinajstić information content (AvgIpc) is 4.35. The van der Waals surface area contributed by atoms with Gasteiger partial charge in [0.15, 0.2) is 11.6 Å². The Labute approximate surface area is 464 Å². The summed E-state index contributed by atoms with van der Waals surface area (Å²) in [6.07, 6.45) is 6.55. The second-order valence-corrected chi connectivity index (χ2v) is 21.6. The van der Waals surface area contributed by atoms with Crippen LogP contribution in [0.4, 0.5) is 11.6 Å². The molecule has 2 atom stereocenters. The number of hydrogen-bond acceptors (Lipinski definition) is 18. The van der Waals surface area contributed by atoms with E-state index in [1.807, 2.05) is 52.9 Å². The molecule has 78 heavy (non-hydrogen) atoms. The average molecular weight is 1100 g/mol. The van der Waals surface area contributed by atoms with Crippen molar-refractivity contribution in [2.24, 2.45) is 0 Å². The number of fused-ring (bicyclic) bond motifs is 1. The third-order valence-electron chi connectivity index (χ3n) is 14.6. The lowest BCUT2D eigenvalue weighted by Gasteiger charge is -2.23. The normalized spacial score (nSPS) is 15.9. The SMILES string of the molecule is CCC1=C(NC2CC2)CN(c2nc(-c3cc(OC[C@H](O)CNC)ccc3Cl)nc(-c3c(C)noc3C)c2C)C1.CNC[C@@H](O)COc1ccc(Cl)c(-c2nc(-c3c(C)noc3C)c(C)c(N3Cc4cnn(C5CC5)c4C3)n2)c1. The fourth-order valence-corrected chi connectivity index (χ4v) is 10.6. The van der Waals surface area contributed by atoms with E-state index in [4.69, 9.17) is 61.7 Å². The molecule has 0 saturated heterocycles. The van der Waals surface area contributed by atoms with E-state index in [9.17, 15) is 10.2 Å². The molecule has 21 heteroatoms. The number of nitrogens with zero attached hydrogens (tertiary/aromatic N) is 10. The van der Waals surface area contributed by atoms with Gasteiger partial charge in [-0.05, 0) is 130 Å². The van der Waals surface area contributed by atoms with Crippen molar-refractivity contribution in [2.45, 2.75) is 118 Å². The molecule has 2 aromatic carbocycles. The van der Waals surface area contributed by atoms with Gasteiger partial charge in [0.25, 0.3) is 0 Å². The minimum absolute atomic E-state index is 0.149. The van der Waals surface area contributed by atoms with Crippen LogP contribution in [0.2, 0.25) is 10.0 Å². The van der Waals surface area contributed by atoms with Crippen LogP contribution < -0.4 is 35.2 Å². The number of ether oxygens (including phenoxy) is 2. The second kappa shape index (κ2) is 23.4. The van der Waals surface area contributed by atoms with E-state index in [1.54, 1.807) is 38.4 Å². The van der Waals surface area contributed by atoms with Crippen molar-refractivity contribution in [2.75, 3.05) is 63.3 Å². The van der Waals surface area contributed by atoms with Crippen LogP contribution in [0.3, 0.4) is 0 Å². The van der Waals surface area contributed by atoms with E-state index in [-0.39, 0.29) is 13.2 Å². The molecule has 412 valence electrons. The maximum absolute atomic E-state index is 10.1. The van der Waals surface area contributed by atoms with Crippen molar-refractivity contribution in [3.05, 3.63) is 109 Å². The number of anilines is 2. The molecule has 0 spiro atoms. The third-order valence-corrected chi connectivity index (χ3v) is 15.3. The summed E-state index contributed by atoms with van der Waals surface area (Å²) < 4.78 is 24.9. The molecule has 0 amide bonds. The first-order valence-electron chi connectivity index (χ1n) is 26.8. The predicted octanol–water partition coefficient (Wildman–Crippen LogP) is 8.96. The number of benzene rings is 2. The number of halogens is 2. The molecular formula is C57H69Cl2N13O6. The van der Waals surface area contributed by atoms with Gasteiger partial charge in [0.05, 0.1) is 75.0 Å². The lowest BCUT2D eigenvalue weighted by atomic mass is 10.0. The van der Waals surface area contributed by atoms with Crippen LogP contribution in [0.25, 0.3) is 45.3 Å². The molecule has 7 heterocycles. The van der Waals surface area contributed by atoms with Gasteiger partial charge in [-0.25, -0.2) is 19.9 Å². The highest BCUT2D eigenvalue weighted by molar-refractivity contribution is 6.33. The van der Waals surface area contributed by atoms with Gasteiger partial charge in [-0.2, -0.15) is 5.10 Å². The van der Waals surface area contributed by atoms with Gasteiger partial charge >= 0.3 is 0 Å². The maximum atomic E-state index is 10.1. The standard InChI is InChI=1S/C29H37ClN6O3.C28H32ClN7O3/c1-6-19-13-36(14-25(19)32-20-7-8-20)29-16(2)27(26-17(3)35-39-18(26)4)33-28(34-29)23-11-22(9-10-24(23)30)38-15-21(37)12-31-5;1-15-26(25-16(2)34-39-17(25)3)32-27(22-9-21(7-8-23(22)29)38-14-20(37)11-30-4)33-28(15)35-12-18-10-31-36(19-5-6-19)24(18)13-35/h9-11,20-21,31-32,37H,6-8,12-15H2,1-5H3;7-10,19-20,30,37H,5-6,11-14H2,1-4H3/t21-;20-/m11/s1. The van der Waals surface area contributed by atoms with Crippen LogP contribution in [0, 0.1) is 41.5 Å². The Kier molecular flexibility index (Phi) is 16.4. The number of aliphatic hydroxyl groups is 2. The molecule has 7 aromatic rings. The maximum Gasteiger partial charge on any atom is 0.163 e. The number of rotatable bonds is 20. The highest BCUT2D eigenvalue weighted by Gasteiger charge is 2.35. The molecule has 4 aliphatic rings. The molecule has 2 aliphatic heterocycles. The predicted molar refractivity (Wildman–Crippen MR) is 301 cm³/mol. The van der Waals surface area contributed by atoms with Gasteiger partial charge in [0, 0.05) is 65.7 Å². The first kappa shape index (κ1) is 54.7. The monoisotopic (exact) mass is 1100 g/mol. The molecule has 2 fully saturated rings. The Bertz CT molecular complexity index is 3310. The Morgan fingerprint density at radius 3 is 1.64 bits per heavy atom. The molecule has 5 aromatic heterocycles. The summed E-state index contributed by atoms with van der Waals surface area (Å²) in [5.41, 5.74) is 13.2. The number of aliphatic hydroxyl groups excluding tert-OH is 2. The van der Waals surface area contributed by atoms with Crippen LogP contribution in [0.15, 0.2) is 62.9 Å². The van der Waals surface area contributed by atoms with E-state index < -0.39 is 12.2 Å². The van der Waals surface area contributed by atoms with Gasteiger partial charge in [0.1, 0.15) is 60.1 Å². The number of likely N-dealkylation sites (N-methyl/N-ethyl adjacent to an activating group) is 2. The highest BCUT2D eigenvalue weighted by atomic mass is 35.5. The molecule has 2 aliphatic carbocycles. The van der Waals surface area contributed by atoms with E-state index in [0.29, 0.717) is 81.0 Å². The summed E-state index contributed by atoms with van der Waals surface area (Å²) in [6.45, 7) is 18.2. The summed E-state index contributed by atoms with van der Waals surface area (Å²) in [7, 11) is 3.57. The molecular weight excluding hydrogens is 1030 g/mol. The topological polar surface area (TPSA) is 223 Å². The van der Waals surface area contributed by atoms with Crippen LogP contribution in [-0.2, 0) is 13.1 Å². The number of hydrogen-bond donors (Lipinski definition) is 5. The summed E-state index contributed by atoms with van der Waals surface area (Å²) >= 11 is 13.4. The lowest BCUT2D eigenvalue weighted by Crippen LogP contribution is -2.29. The van der Waals surface area contributed by atoms with Gasteiger partial charge in [0.2, 0.25) is 0 Å². The van der Waals surface area contributed by atoms with Crippen molar-refractivity contribution in [1.82, 2.24) is 56.0 Å². The minimum Gasteiger partial charge on any atom is -0.491 e. The summed E-state index contributed by atoms with van der Waals surface area (Å²) in [4.78, 5) is 24.8. The number of aromatic nitrogens is 8. The summed E-state index contributed by atoms with van der Waals surface area (Å²) in [6, 6.07) is 11.9. The number of aryl methyl sites for hydroxylation is 4. The van der Waals surface area contributed by atoms with Crippen molar-refractivity contribution in [3.63, 3.8) is 0 Å². The highest BCUT2D eigenvalue weighted by Crippen LogP contribution is 2.43. The minimum atomic E-state index is -0.633. The van der Waals surface area contributed by atoms with Gasteiger partial charge in [-0.15, -0.1) is 0 Å². The fraction of sp³-hybridized carbons (Fsp3) is 0.456. The Morgan fingerprint density at radius 1 is 0.679 bits per heavy atom. The van der Waals surface area contributed by atoms with E-state index >= 15 is 0 Å². The van der Waals surface area contributed by atoms with Crippen molar-refractivity contribution in [3.8, 4) is 56.8 Å². The third kappa shape index (κ3) is 11.7. The van der Waals surface area contributed by atoms with Crippen LogP contribution >= 0.6 is 23.2 Å². The van der Waals surface area contributed by atoms with Gasteiger partial charge in [-0.1, -0.05) is 40.4 Å². The molecule has 19 nitrogen and oxygen atoms in total. The zero-order valence-electron chi connectivity index (χ0n) is 45.8. The molecule has 2 saturated carbocycles. The quantitative estimate of drug-likeness (QED) is 0.0480. The molecule has 11 rings (SSSR count). The van der Waals surface area contributed by atoms with E-state index in [1.165, 1.54) is 48.2 Å². The van der Waals surface area contributed by atoms with Gasteiger partial charge in [-0.3, -0.25) is 4.68 Å². The van der Waals surface area contributed by atoms with Crippen LogP contribution in [0.1, 0.15) is 90.4 Å². The molecule has 5 N–H and O–H groups in total. The Morgan fingerprint density at radius 2 is 1.19 bits per heavy atom. The second-order valence-electron chi connectivity index (χ2n) is 20.8. The largest absolute Gasteiger partial charge is 0.491 e. The van der Waals surface area contributed by atoms with Crippen molar-refractivity contribution < 1.29 is 28.7 Å². The van der Waals surface area contributed by atoms with Crippen molar-refractivity contribution >= 4 is 34.8 Å². The summed E-state index contributed by atoms with van der Waals surface area (Å²) in [5.74, 6) is 5.24. The van der Waals surface area contributed by atoms with Crippen molar-refractivity contribution in [1.29, 1.82) is 0 Å². The fourth-order valence-electron chi connectivity index (χ4n) is 10.2. The van der Waals surface area contributed by atoms with Crippen LogP contribution in [-0.4, -0.2) is 122 Å². The van der Waals surface area contributed by atoms with Crippen LogP contribution in [0.5, 0.6) is 11.5 Å². The summed E-state index contributed by atoms with van der Waals surface area (Å²) in [5, 5.41) is 43.8. The van der Waals surface area contributed by atoms with Gasteiger partial charge < -0.3 is 54.5 Å². The first-order chi connectivity index (χ1) is 37.6. The molecule has 0 bridgehead atoms. The smallest absolute Gasteiger partial charge is 0.163 e. The zero-order chi connectivity index (χ0) is 54.9.